The molecule has 1 heterocycles. The summed E-state index contributed by atoms with van der Waals surface area (Å²) in [4.78, 5) is 81.7. The Morgan fingerprint density at radius 3 is 1.71 bits per heavy atom. The van der Waals surface area contributed by atoms with Crippen molar-refractivity contribution in [2.75, 3.05) is 19.1 Å². The third kappa shape index (κ3) is 23.2. The Labute approximate surface area is 659 Å². The Bertz CT molecular complexity index is 5010. The summed E-state index contributed by atoms with van der Waals surface area (Å²) in [6.07, 6.45) is 31.1. The van der Waals surface area contributed by atoms with Crippen molar-refractivity contribution >= 4 is 64.3 Å². The lowest BCUT2D eigenvalue weighted by Gasteiger charge is -2.41. The number of hydrogen-bond donors (Lipinski definition) is 1. The van der Waals surface area contributed by atoms with Crippen LogP contribution < -0.4 is 14.8 Å². The Morgan fingerprint density at radius 2 is 1.17 bits per heavy atom. The zero-order valence-corrected chi connectivity index (χ0v) is 68.2. The number of rotatable bonds is 39. The van der Waals surface area contributed by atoms with Gasteiger partial charge in [0.25, 0.3) is 0 Å². The largest absolute Gasteiger partial charge is 0.495 e. The third-order valence-corrected chi connectivity index (χ3v) is 23.4. The van der Waals surface area contributed by atoms with Crippen LogP contribution in [0.1, 0.15) is 159 Å². The number of benzene rings is 5. The van der Waals surface area contributed by atoms with Crippen molar-refractivity contribution in [1.82, 2.24) is 5.32 Å². The van der Waals surface area contributed by atoms with E-state index in [0.717, 1.165) is 23.0 Å². The fourth-order valence-corrected chi connectivity index (χ4v) is 13.0. The first-order valence-corrected chi connectivity index (χ1v) is 40.6. The van der Waals surface area contributed by atoms with E-state index in [4.69, 9.17) is 34.4 Å². The number of hydrogen-bond acceptors (Lipinski definition) is 16. The topological polar surface area (TPSA) is 239 Å². The van der Waals surface area contributed by atoms with E-state index in [1.54, 1.807) is 105 Å². The monoisotopic (exact) mass is 1560 g/mol. The lowest BCUT2D eigenvalue weighted by Crippen LogP contribution is -2.44. The molecule has 1 saturated heterocycles. The van der Waals surface area contributed by atoms with Gasteiger partial charge >= 0.3 is 0 Å². The number of sulfone groups is 1. The van der Waals surface area contributed by atoms with Gasteiger partial charge in [-0.25, -0.2) is 16.8 Å². The molecule has 1 aliphatic heterocycles. The summed E-state index contributed by atoms with van der Waals surface area (Å²) in [7, 11) is -0.0323. The lowest BCUT2D eigenvalue weighted by molar-refractivity contribution is -0.114. The average molecular weight is 1560 g/mol. The summed E-state index contributed by atoms with van der Waals surface area (Å²) < 4.78 is 79.0. The maximum absolute atomic E-state index is 13.9. The number of carbonyl (C=O) groups is 6. The van der Waals surface area contributed by atoms with E-state index in [1.165, 1.54) is 105 Å². The van der Waals surface area contributed by atoms with Crippen LogP contribution in [0.5, 0.6) is 17.2 Å². The highest BCUT2D eigenvalue weighted by molar-refractivity contribution is 8.15. The molecule has 0 saturated carbocycles. The summed E-state index contributed by atoms with van der Waals surface area (Å²) in [5.41, 5.74) is 3.51. The molecule has 0 bridgehead atoms. The zero-order valence-electron chi connectivity index (χ0n) is 65.8. The van der Waals surface area contributed by atoms with E-state index in [2.05, 4.69) is 38.9 Å². The molecule has 1 N–H and O–H groups in total. The van der Waals surface area contributed by atoms with Crippen LogP contribution in [0.2, 0.25) is 0 Å². The molecule has 0 amide bonds. The third-order valence-electron chi connectivity index (χ3n) is 20.2. The van der Waals surface area contributed by atoms with Gasteiger partial charge in [0.05, 0.1) is 34.9 Å². The minimum Gasteiger partial charge on any atom is -0.495 e. The molecule has 5 unspecified atom stereocenters. The molecule has 1 fully saturated rings. The summed E-state index contributed by atoms with van der Waals surface area (Å²) >= 11 is 0. The predicted octanol–water partition coefficient (Wildman–Crippen LogP) is 19.2. The average Bonchev–Trinajstić information content (AvgIpc) is 1.55. The van der Waals surface area contributed by atoms with Crippen LogP contribution in [0, 0.1) is 5.92 Å². The van der Waals surface area contributed by atoms with Crippen LogP contribution in [0.15, 0.2) is 301 Å². The number of halogens is 1. The van der Waals surface area contributed by atoms with Gasteiger partial charge in [0.1, 0.15) is 43.3 Å². The molecule has 5 aromatic carbocycles. The van der Waals surface area contributed by atoms with Gasteiger partial charge in [-0.3, -0.25) is 34.1 Å². The highest BCUT2D eigenvalue weighted by atomic mass is 35.7. The first-order chi connectivity index (χ1) is 52.1. The molecule has 2 aliphatic rings. The summed E-state index contributed by atoms with van der Waals surface area (Å²) in [5.74, 6) is -0.170. The smallest absolute Gasteiger partial charge is 0.245 e. The molecule has 0 spiro atoms. The van der Waals surface area contributed by atoms with Crippen molar-refractivity contribution in [2.45, 2.75) is 142 Å². The zero-order chi connectivity index (χ0) is 82.0. The second-order valence-corrected chi connectivity index (χ2v) is 34.4. The van der Waals surface area contributed by atoms with Crippen molar-refractivity contribution in [3.8, 4) is 17.2 Å². The van der Waals surface area contributed by atoms with Gasteiger partial charge in [0.15, 0.2) is 34.7 Å². The number of nitrogens with one attached hydrogen (secondary N) is 1. The molecule has 0 radical (unpaired) electrons. The number of carbonyl (C=O) groups excluding carboxylic acids is 6. The molecule has 7 rings (SSSR count). The second-order valence-electron chi connectivity index (χ2n) is 29.2. The first kappa shape index (κ1) is 87.9. The lowest BCUT2D eigenvalue weighted by atomic mass is 9.71. The van der Waals surface area contributed by atoms with Crippen molar-refractivity contribution in [3.63, 3.8) is 0 Å². The molecule has 5 aromatic rings. The summed E-state index contributed by atoms with van der Waals surface area (Å²) in [6, 6.07) is 33.4. The highest BCUT2D eigenvalue weighted by Gasteiger charge is 2.64. The Balaban J connectivity index is 0.908. The van der Waals surface area contributed by atoms with E-state index >= 15 is 0 Å². The van der Waals surface area contributed by atoms with E-state index in [-0.39, 0.29) is 98.5 Å². The molecular weight excluding hydrogens is 1460 g/mol. The maximum Gasteiger partial charge on any atom is 0.245 e. The first-order valence-electron chi connectivity index (χ1n) is 36.2. The predicted molar refractivity (Wildman–Crippen MR) is 444 cm³/mol. The second kappa shape index (κ2) is 37.6. The van der Waals surface area contributed by atoms with Crippen LogP contribution in [-0.2, 0) is 49.7 Å². The Hall–Kier alpha value is -10.3. The summed E-state index contributed by atoms with van der Waals surface area (Å²) in [6.45, 7) is 35.7. The van der Waals surface area contributed by atoms with Crippen molar-refractivity contribution in [2.24, 2.45) is 5.92 Å². The number of allylic oxidation sites excluding steroid dienone is 20. The van der Waals surface area contributed by atoms with E-state index in [0.29, 0.717) is 45.1 Å². The van der Waals surface area contributed by atoms with Crippen molar-refractivity contribution in [1.29, 1.82) is 0 Å². The van der Waals surface area contributed by atoms with Crippen LogP contribution in [0.4, 0.5) is 0 Å². The fraction of sp³-hybridized carbons (Fsp3) is 0.283. The van der Waals surface area contributed by atoms with Crippen LogP contribution in [-0.4, -0.2) is 104 Å². The highest BCUT2D eigenvalue weighted by Crippen LogP contribution is 2.47. The van der Waals surface area contributed by atoms with Crippen LogP contribution >= 0.6 is 10.7 Å². The van der Waals surface area contributed by atoms with Gasteiger partial charge in [-0.05, 0) is 187 Å². The van der Waals surface area contributed by atoms with Gasteiger partial charge < -0.3 is 23.7 Å². The molecule has 16 nitrogen and oxygen atoms in total. The van der Waals surface area contributed by atoms with E-state index < -0.39 is 58.2 Å². The maximum atomic E-state index is 13.9. The van der Waals surface area contributed by atoms with Gasteiger partial charge in [-0.15, -0.1) is 0 Å². The standard InChI is InChI=1S/C92H100ClNO15S2/c1-19-25-75(27-24-29-82(95)68-34-36-70(37-35-68)84(97)63(8)59-90(14,111(93,103)104)60-76(22-4)107-78-51-41-72(42-52-78)86(99)67(21-3)40-50-80(56-57-110(18,101)102)106-64(9)61(5)6)91(15)92(16,94-91)109-81-28-23-26-69(45-55-81)87(100)73-43-53-79(54-44-73)108-77-48-31-65(32-49-77)58-83(96)62(7)30-33-66(20-2)85(98)71-38-46-74(47-39-71)88(10,11)89(12,13)105-17/h19-55,59-61,64,81,94H,2-4,56-58H2,1,5-18H3/b25-19-,29-24+,62-30+,63-59+,66-33+,67-40+,75-27+,76-60+,80-50+. The molecular formula is C92H100ClNO15S2. The van der Waals surface area contributed by atoms with Crippen LogP contribution in [0.3, 0.4) is 0 Å². The summed E-state index contributed by atoms with van der Waals surface area (Å²) in [5, 5.41) is 3.48. The fourth-order valence-electron chi connectivity index (χ4n) is 11.6. The molecule has 111 heavy (non-hydrogen) atoms. The van der Waals surface area contributed by atoms with Crippen molar-refractivity contribution < 1.29 is 69.3 Å². The number of ketones is 6. The minimum absolute atomic E-state index is 0.0213. The SMILES string of the molecule is C=C/C(=C\C(C)(/C=C(\C)C(=O)c1ccc(C(=O)/C=C/C=C(\C=C/C)C2(C)NC2(C)OC2C=CC=C(C(=O)c3ccc(Oc4ccc(CC(=O)/C(C)=C/C=C(\C=C)C(=O)c5ccc(C(C)(C)C(C)(C)OC)cc5)cc4)cc3)C=C2)cc1)S(=O)(=O)Cl)Oc1ccc(C(=O)/C(C=C)=C/C=C(\CCS(C)(=O)=O)OC(C)C(C)C)cc1. The van der Waals surface area contributed by atoms with Gasteiger partial charge in [0, 0.05) is 86.8 Å². The molecule has 19 heteroatoms. The van der Waals surface area contributed by atoms with Gasteiger partial charge in [-0.1, -0.05) is 193 Å². The number of Topliss-reactive ketones (excluding diaryl/α,β-unsaturated/α-hetero) is 5. The Kier molecular flexibility index (Phi) is 29.8. The molecule has 0 aromatic heterocycles. The molecule has 5 atom stereocenters. The Morgan fingerprint density at radius 1 is 0.640 bits per heavy atom. The number of ether oxygens (including phenoxy) is 5. The van der Waals surface area contributed by atoms with Crippen LogP contribution in [0.25, 0.3) is 0 Å². The quantitative estimate of drug-likeness (QED) is 0.00961. The van der Waals surface area contributed by atoms with Crippen molar-refractivity contribution in [3.05, 3.63) is 340 Å². The molecule has 582 valence electrons. The van der Waals surface area contributed by atoms with E-state index in [9.17, 15) is 45.6 Å². The van der Waals surface area contributed by atoms with Gasteiger partial charge in [-0.2, -0.15) is 0 Å². The normalized spacial score (nSPS) is 18.5. The molecule has 1 aliphatic carbocycles. The van der Waals surface area contributed by atoms with Gasteiger partial charge in [0.2, 0.25) is 9.05 Å². The number of methoxy groups -OCH3 is 1. The van der Waals surface area contributed by atoms with E-state index in [1.807, 2.05) is 110 Å². The minimum atomic E-state index is -4.50.